The third kappa shape index (κ3) is 3.90. The molecule has 0 fully saturated rings. The predicted octanol–water partition coefficient (Wildman–Crippen LogP) is 3.69. The van der Waals surface area contributed by atoms with Crippen molar-refractivity contribution >= 4 is 25.7 Å². The van der Waals surface area contributed by atoms with Gasteiger partial charge in [-0.05, 0) is 30.0 Å². The molecule has 0 saturated heterocycles. The first-order chi connectivity index (χ1) is 11.4. The van der Waals surface area contributed by atoms with Crippen LogP contribution in [0.4, 0.5) is 19.1 Å². The molecule has 0 unspecified atom stereocenters. The van der Waals surface area contributed by atoms with Crippen LogP contribution < -0.4 is 5.32 Å². The maximum absolute atomic E-state index is 12.9. The molecule has 1 heterocycles. The number of benzene rings is 1. The molecule has 0 saturated carbocycles. The minimum Gasteiger partial charge on any atom is -0.357 e. The molecule has 1 aromatic carbocycles. The Morgan fingerprint density at radius 2 is 1.88 bits per heavy atom. The minimum atomic E-state index is -4.73. The number of anilines is 1. The fraction of sp³-hybridized carbons (Fsp3) is 0.429. The van der Waals surface area contributed by atoms with E-state index < -0.39 is 21.1 Å². The van der Waals surface area contributed by atoms with Crippen molar-refractivity contribution < 1.29 is 21.6 Å². The Hall–Kier alpha value is -1.81. The van der Waals surface area contributed by atoms with Gasteiger partial charge in [0.2, 0.25) is 5.95 Å². The minimum absolute atomic E-state index is 0.135. The van der Waals surface area contributed by atoms with Crippen LogP contribution in [0.5, 0.6) is 0 Å². The highest BCUT2D eigenvalue weighted by Crippen LogP contribution is 2.33. The summed E-state index contributed by atoms with van der Waals surface area (Å²) in [4.78, 5) is 3.23. The lowest BCUT2D eigenvalue weighted by atomic mass is 10.00. The van der Waals surface area contributed by atoms with E-state index in [-0.39, 0.29) is 22.4 Å². The third-order valence-electron chi connectivity index (χ3n) is 3.53. The standard InChI is InChI=1S/C14H16ClF3N4O2S/c1-7(2)9-5-8(3)10(6-11(9)25(15,23)24)22-13(19-4)20-12(21-22)14(16,17)18/h5-7H,1-4H3,(H,19,20,21). The highest BCUT2D eigenvalue weighted by molar-refractivity contribution is 8.13. The molecule has 138 valence electrons. The number of nitrogens with zero attached hydrogens (tertiary/aromatic N) is 3. The molecular weight excluding hydrogens is 381 g/mol. The van der Waals surface area contributed by atoms with E-state index in [4.69, 9.17) is 10.7 Å². The number of halogens is 4. The summed E-state index contributed by atoms with van der Waals surface area (Å²) in [6.45, 7) is 5.22. The van der Waals surface area contributed by atoms with Crippen molar-refractivity contribution in [3.63, 3.8) is 0 Å². The average molecular weight is 397 g/mol. The van der Waals surface area contributed by atoms with E-state index >= 15 is 0 Å². The van der Waals surface area contributed by atoms with Crippen LogP contribution >= 0.6 is 10.7 Å². The van der Waals surface area contributed by atoms with Gasteiger partial charge in [0.05, 0.1) is 10.6 Å². The van der Waals surface area contributed by atoms with Crippen LogP contribution in [0.15, 0.2) is 17.0 Å². The summed E-state index contributed by atoms with van der Waals surface area (Å²) in [7, 11) is 2.79. The predicted molar refractivity (Wildman–Crippen MR) is 87.8 cm³/mol. The summed E-state index contributed by atoms with van der Waals surface area (Å²) in [6.07, 6.45) is -4.73. The fourth-order valence-corrected chi connectivity index (χ4v) is 3.58. The lowest BCUT2D eigenvalue weighted by Gasteiger charge is -2.16. The van der Waals surface area contributed by atoms with Crippen LogP contribution in [0.2, 0.25) is 0 Å². The van der Waals surface area contributed by atoms with Crippen molar-refractivity contribution in [2.75, 3.05) is 12.4 Å². The van der Waals surface area contributed by atoms with Crippen LogP contribution in [0.25, 0.3) is 5.69 Å². The van der Waals surface area contributed by atoms with Gasteiger partial charge in [-0.25, -0.2) is 8.42 Å². The van der Waals surface area contributed by atoms with Crippen molar-refractivity contribution in [1.82, 2.24) is 14.8 Å². The molecule has 0 aliphatic rings. The number of hydrogen-bond donors (Lipinski definition) is 1. The monoisotopic (exact) mass is 396 g/mol. The molecule has 0 aliphatic carbocycles. The summed E-state index contributed by atoms with van der Waals surface area (Å²) in [5.41, 5.74) is 1.14. The zero-order valence-electron chi connectivity index (χ0n) is 13.8. The van der Waals surface area contributed by atoms with Gasteiger partial charge < -0.3 is 5.32 Å². The Bertz CT molecular complexity index is 908. The molecular formula is C14H16ClF3N4O2S. The molecule has 2 rings (SSSR count). The molecule has 0 spiro atoms. The maximum atomic E-state index is 12.9. The quantitative estimate of drug-likeness (QED) is 0.797. The molecule has 11 heteroatoms. The first-order valence-corrected chi connectivity index (χ1v) is 9.48. The van der Waals surface area contributed by atoms with Gasteiger partial charge in [-0.15, -0.1) is 5.10 Å². The summed E-state index contributed by atoms with van der Waals surface area (Å²) in [5, 5.41) is 5.98. The second kappa shape index (κ2) is 6.49. The zero-order chi connectivity index (χ0) is 19.2. The molecule has 0 amide bonds. The molecule has 0 bridgehead atoms. The SMILES string of the molecule is CNc1nc(C(F)(F)F)nn1-c1cc(S(=O)(=O)Cl)c(C(C)C)cc1C. The van der Waals surface area contributed by atoms with Gasteiger partial charge in [-0.3, -0.25) is 0 Å². The van der Waals surface area contributed by atoms with Gasteiger partial charge in [-0.2, -0.15) is 22.8 Å². The highest BCUT2D eigenvalue weighted by atomic mass is 35.7. The van der Waals surface area contributed by atoms with E-state index in [9.17, 15) is 21.6 Å². The lowest BCUT2D eigenvalue weighted by molar-refractivity contribution is -0.144. The first-order valence-electron chi connectivity index (χ1n) is 7.17. The first kappa shape index (κ1) is 19.5. The molecule has 1 aromatic heterocycles. The number of nitrogens with one attached hydrogen (secondary N) is 1. The Labute approximate surface area is 147 Å². The largest absolute Gasteiger partial charge is 0.453 e. The van der Waals surface area contributed by atoms with Gasteiger partial charge >= 0.3 is 6.18 Å². The number of hydrogen-bond acceptors (Lipinski definition) is 5. The van der Waals surface area contributed by atoms with Crippen molar-refractivity contribution in [2.24, 2.45) is 0 Å². The van der Waals surface area contributed by atoms with Gasteiger partial charge in [0, 0.05) is 17.7 Å². The van der Waals surface area contributed by atoms with E-state index in [1.165, 1.54) is 13.1 Å². The summed E-state index contributed by atoms with van der Waals surface area (Å²) in [6, 6.07) is 2.78. The smallest absolute Gasteiger partial charge is 0.357 e. The molecule has 0 radical (unpaired) electrons. The van der Waals surface area contributed by atoms with Gasteiger partial charge in [0.1, 0.15) is 0 Å². The second-order valence-electron chi connectivity index (χ2n) is 5.69. The summed E-state index contributed by atoms with van der Waals surface area (Å²) in [5.74, 6) is -1.66. The highest BCUT2D eigenvalue weighted by Gasteiger charge is 2.37. The van der Waals surface area contributed by atoms with Gasteiger partial charge in [0.25, 0.3) is 14.9 Å². The van der Waals surface area contributed by atoms with Crippen molar-refractivity contribution in [3.05, 3.63) is 29.1 Å². The van der Waals surface area contributed by atoms with Gasteiger partial charge in [0.15, 0.2) is 0 Å². The number of aromatic nitrogens is 3. The van der Waals surface area contributed by atoms with Crippen LogP contribution in [0.1, 0.15) is 36.7 Å². The normalized spacial score (nSPS) is 12.7. The molecule has 1 N–H and O–H groups in total. The van der Waals surface area contributed by atoms with Crippen molar-refractivity contribution in [2.45, 2.75) is 37.8 Å². The Morgan fingerprint density at radius 1 is 1.28 bits per heavy atom. The van der Waals surface area contributed by atoms with Crippen LogP contribution in [0, 0.1) is 6.92 Å². The van der Waals surface area contributed by atoms with Crippen molar-refractivity contribution in [3.8, 4) is 5.69 Å². The molecule has 25 heavy (non-hydrogen) atoms. The second-order valence-corrected chi connectivity index (χ2v) is 8.22. The lowest BCUT2D eigenvalue weighted by Crippen LogP contribution is -2.10. The van der Waals surface area contributed by atoms with E-state index in [1.807, 2.05) is 0 Å². The average Bonchev–Trinajstić information content (AvgIpc) is 2.89. The fourth-order valence-electron chi connectivity index (χ4n) is 2.35. The van der Waals surface area contributed by atoms with Crippen LogP contribution in [-0.4, -0.2) is 30.2 Å². The van der Waals surface area contributed by atoms with Crippen molar-refractivity contribution in [1.29, 1.82) is 0 Å². The molecule has 0 atom stereocenters. The van der Waals surface area contributed by atoms with E-state index in [1.54, 1.807) is 26.8 Å². The third-order valence-corrected chi connectivity index (χ3v) is 4.90. The van der Waals surface area contributed by atoms with Crippen LogP contribution in [-0.2, 0) is 15.2 Å². The number of rotatable bonds is 4. The van der Waals surface area contributed by atoms with E-state index in [0.29, 0.717) is 11.1 Å². The molecule has 6 nitrogen and oxygen atoms in total. The van der Waals surface area contributed by atoms with Gasteiger partial charge in [-0.1, -0.05) is 19.9 Å². The zero-order valence-corrected chi connectivity index (χ0v) is 15.4. The number of alkyl halides is 3. The molecule has 2 aromatic rings. The summed E-state index contributed by atoms with van der Waals surface area (Å²) < 4.78 is 63.4. The number of aryl methyl sites for hydroxylation is 1. The Balaban J connectivity index is 2.79. The Kier molecular flexibility index (Phi) is 5.06. The Morgan fingerprint density at radius 3 is 2.32 bits per heavy atom. The topological polar surface area (TPSA) is 76.9 Å². The van der Waals surface area contributed by atoms with E-state index in [0.717, 1.165) is 4.68 Å². The van der Waals surface area contributed by atoms with Crippen LogP contribution in [0.3, 0.4) is 0 Å². The maximum Gasteiger partial charge on any atom is 0.453 e. The summed E-state index contributed by atoms with van der Waals surface area (Å²) >= 11 is 0. The van der Waals surface area contributed by atoms with E-state index in [2.05, 4.69) is 15.4 Å². The molecule has 0 aliphatic heterocycles.